The van der Waals surface area contributed by atoms with Crippen molar-refractivity contribution in [2.24, 2.45) is 0 Å². The Bertz CT molecular complexity index is 806. The van der Waals surface area contributed by atoms with Crippen LogP contribution in [0.1, 0.15) is 37.3 Å². The van der Waals surface area contributed by atoms with E-state index in [0.717, 1.165) is 36.5 Å². The molecule has 0 bridgehead atoms. The second kappa shape index (κ2) is 10.7. The number of carbonyl (C=O) groups is 1. The molecule has 0 radical (unpaired) electrons. The summed E-state index contributed by atoms with van der Waals surface area (Å²) in [6.45, 7) is 0.478. The molecule has 0 atom stereocenters. The minimum atomic E-state index is -4.36. The number of carbonyl (C=O) groups excluding carboxylic acids is 1. The van der Waals surface area contributed by atoms with Gasteiger partial charge in [-0.05, 0) is 30.0 Å². The zero-order valence-corrected chi connectivity index (χ0v) is 16.0. The van der Waals surface area contributed by atoms with Crippen LogP contribution >= 0.6 is 0 Å². The van der Waals surface area contributed by atoms with Gasteiger partial charge in [0.2, 0.25) is 0 Å². The average molecular weight is 410 g/mol. The van der Waals surface area contributed by atoms with Gasteiger partial charge in [-0.1, -0.05) is 44.0 Å². The molecule has 29 heavy (non-hydrogen) atoms. The van der Waals surface area contributed by atoms with Crippen LogP contribution in [0.25, 0.3) is 17.5 Å². The minimum Gasteiger partial charge on any atom is -0.456 e. The fourth-order valence-electron chi connectivity index (χ4n) is 2.40. The highest BCUT2D eigenvalue weighted by atomic mass is 19.3. The summed E-state index contributed by atoms with van der Waals surface area (Å²) in [5, 5.41) is 0. The van der Waals surface area contributed by atoms with Gasteiger partial charge in [0.05, 0.1) is 0 Å². The fraction of sp³-hybridized carbons (Fsp3) is 0.381. The van der Waals surface area contributed by atoms with Crippen molar-refractivity contribution in [1.29, 1.82) is 0 Å². The van der Waals surface area contributed by atoms with E-state index in [1.165, 1.54) is 12.5 Å². The van der Waals surface area contributed by atoms with E-state index in [2.05, 4.69) is 21.6 Å². The number of unbranched alkanes of at least 4 members (excludes halogenated alkanes) is 2. The molecule has 0 aliphatic carbocycles. The van der Waals surface area contributed by atoms with Gasteiger partial charge in [0, 0.05) is 24.0 Å². The lowest BCUT2D eigenvalue weighted by Gasteiger charge is -2.14. The fourth-order valence-corrected chi connectivity index (χ4v) is 2.40. The first-order chi connectivity index (χ1) is 13.8. The summed E-state index contributed by atoms with van der Waals surface area (Å²) in [6.07, 6.45) is 6.31. The maximum atomic E-state index is 12.7. The lowest BCUT2D eigenvalue weighted by Crippen LogP contribution is -2.33. The topological polar surface area (TPSA) is 52.1 Å². The van der Waals surface area contributed by atoms with Crippen LogP contribution in [0.15, 0.2) is 42.7 Å². The maximum Gasteiger partial charge on any atom is 0.340 e. The molecule has 4 nitrogen and oxygen atoms in total. The van der Waals surface area contributed by atoms with E-state index in [9.17, 15) is 22.4 Å². The van der Waals surface area contributed by atoms with Crippen LogP contribution in [0, 0.1) is 0 Å². The third-order valence-electron chi connectivity index (χ3n) is 4.08. The van der Waals surface area contributed by atoms with Crippen LogP contribution in [-0.4, -0.2) is 34.9 Å². The third kappa shape index (κ3) is 7.29. The Morgan fingerprint density at radius 3 is 2.38 bits per heavy atom. The van der Waals surface area contributed by atoms with Gasteiger partial charge >= 0.3 is 18.3 Å². The van der Waals surface area contributed by atoms with Gasteiger partial charge in [-0.25, -0.2) is 23.5 Å². The predicted molar refractivity (Wildman–Crippen MR) is 102 cm³/mol. The zero-order chi connectivity index (χ0) is 21.3. The Hall–Kier alpha value is -2.77. The highest BCUT2D eigenvalue weighted by Crippen LogP contribution is 2.23. The number of hydrogen-bond acceptors (Lipinski definition) is 4. The second-order valence-electron chi connectivity index (χ2n) is 6.50. The molecule has 156 valence electrons. The minimum absolute atomic E-state index is 0.563. The molecule has 1 aromatic carbocycles. The van der Waals surface area contributed by atoms with Gasteiger partial charge in [-0.3, -0.25) is 0 Å². The molecule has 0 unspecified atom stereocenters. The standard InChI is InChI=1S/C21H22F4N2O2/c1-2-3-4-5-16-12-26-19(27-13-16)17-9-6-15(7-10-17)8-11-18(28)29-14-21(24,25)20(22)23/h6-13,20H,2-5,14H2,1H3. The first-order valence-electron chi connectivity index (χ1n) is 9.24. The Morgan fingerprint density at radius 2 is 1.79 bits per heavy atom. The van der Waals surface area contributed by atoms with Crippen molar-refractivity contribution in [3.8, 4) is 11.4 Å². The van der Waals surface area contributed by atoms with Crippen LogP contribution in [0.3, 0.4) is 0 Å². The highest BCUT2D eigenvalue weighted by molar-refractivity contribution is 5.87. The second-order valence-corrected chi connectivity index (χ2v) is 6.50. The number of aryl methyl sites for hydroxylation is 1. The lowest BCUT2D eigenvalue weighted by atomic mass is 10.1. The van der Waals surface area contributed by atoms with Crippen molar-refractivity contribution < 1.29 is 27.1 Å². The molecule has 0 spiro atoms. The average Bonchev–Trinajstić information content (AvgIpc) is 2.72. The summed E-state index contributed by atoms with van der Waals surface area (Å²) >= 11 is 0. The van der Waals surface area contributed by atoms with E-state index in [0.29, 0.717) is 11.4 Å². The number of esters is 1. The lowest BCUT2D eigenvalue weighted by molar-refractivity contribution is -0.175. The molecule has 0 fully saturated rings. The van der Waals surface area contributed by atoms with Crippen molar-refractivity contribution in [3.05, 3.63) is 53.9 Å². The number of aromatic nitrogens is 2. The number of rotatable bonds is 10. The van der Waals surface area contributed by atoms with Gasteiger partial charge < -0.3 is 4.74 Å². The van der Waals surface area contributed by atoms with Crippen LogP contribution in [0.5, 0.6) is 0 Å². The molecular formula is C21H22F4N2O2. The summed E-state index contributed by atoms with van der Waals surface area (Å²) in [7, 11) is 0. The molecule has 0 N–H and O–H groups in total. The van der Waals surface area contributed by atoms with E-state index in [1.807, 2.05) is 0 Å². The van der Waals surface area contributed by atoms with Crippen LogP contribution in [0.2, 0.25) is 0 Å². The monoisotopic (exact) mass is 410 g/mol. The van der Waals surface area contributed by atoms with Crippen LogP contribution < -0.4 is 0 Å². The smallest absolute Gasteiger partial charge is 0.340 e. The SMILES string of the molecule is CCCCCc1cnc(-c2ccc(C=CC(=O)OCC(F)(F)C(F)F)cc2)nc1. The first kappa shape index (κ1) is 22.5. The number of benzene rings is 1. The van der Waals surface area contributed by atoms with Gasteiger partial charge in [-0.2, -0.15) is 8.78 Å². The van der Waals surface area contributed by atoms with Gasteiger partial charge in [0.1, 0.15) is 0 Å². The van der Waals surface area contributed by atoms with Gasteiger partial charge in [0.15, 0.2) is 12.4 Å². The number of alkyl halides is 4. The largest absolute Gasteiger partial charge is 0.456 e. The normalized spacial score (nSPS) is 11.9. The highest BCUT2D eigenvalue weighted by Gasteiger charge is 2.42. The Kier molecular flexibility index (Phi) is 8.30. The summed E-state index contributed by atoms with van der Waals surface area (Å²) in [5.41, 5.74) is 2.46. The Balaban J connectivity index is 1.91. The van der Waals surface area contributed by atoms with Crippen molar-refractivity contribution in [2.45, 2.75) is 45.0 Å². The summed E-state index contributed by atoms with van der Waals surface area (Å²) in [6, 6.07) is 6.88. The van der Waals surface area contributed by atoms with Crippen LogP contribution in [-0.2, 0) is 16.0 Å². The Labute approximate surface area is 166 Å². The first-order valence-corrected chi connectivity index (χ1v) is 9.24. The summed E-state index contributed by atoms with van der Waals surface area (Å²) in [4.78, 5) is 20.1. The molecule has 0 saturated carbocycles. The molecule has 0 aliphatic heterocycles. The molecule has 8 heteroatoms. The predicted octanol–water partition coefficient (Wildman–Crippen LogP) is 5.33. The summed E-state index contributed by atoms with van der Waals surface area (Å²) < 4.78 is 53.6. The van der Waals surface area contributed by atoms with E-state index in [1.54, 1.807) is 36.7 Å². The number of nitrogens with zero attached hydrogens (tertiary/aromatic N) is 2. The Morgan fingerprint density at radius 1 is 1.14 bits per heavy atom. The quantitative estimate of drug-likeness (QED) is 0.230. The number of halogens is 4. The molecule has 2 rings (SSSR count). The van der Waals surface area contributed by atoms with Crippen molar-refractivity contribution in [2.75, 3.05) is 6.61 Å². The summed E-state index contributed by atoms with van der Waals surface area (Å²) in [5.74, 6) is -4.93. The van der Waals surface area contributed by atoms with Gasteiger partial charge in [-0.15, -0.1) is 0 Å². The number of hydrogen-bond donors (Lipinski definition) is 0. The van der Waals surface area contributed by atoms with E-state index < -0.39 is 24.9 Å². The molecule has 1 heterocycles. The van der Waals surface area contributed by atoms with Crippen molar-refractivity contribution in [1.82, 2.24) is 9.97 Å². The molecule has 1 aromatic heterocycles. The zero-order valence-electron chi connectivity index (χ0n) is 16.0. The third-order valence-corrected chi connectivity index (χ3v) is 4.08. The van der Waals surface area contributed by atoms with E-state index in [-0.39, 0.29) is 0 Å². The maximum absolute atomic E-state index is 12.7. The van der Waals surface area contributed by atoms with Crippen molar-refractivity contribution in [3.63, 3.8) is 0 Å². The van der Waals surface area contributed by atoms with Crippen molar-refractivity contribution >= 4 is 12.0 Å². The molecule has 0 amide bonds. The molecular weight excluding hydrogens is 388 g/mol. The van der Waals surface area contributed by atoms with Gasteiger partial charge in [0.25, 0.3) is 0 Å². The number of ether oxygens (including phenoxy) is 1. The molecule has 2 aromatic rings. The van der Waals surface area contributed by atoms with E-state index in [4.69, 9.17) is 0 Å². The molecule has 0 aliphatic rings. The van der Waals surface area contributed by atoms with Crippen LogP contribution in [0.4, 0.5) is 17.6 Å². The molecule has 0 saturated heterocycles. The van der Waals surface area contributed by atoms with E-state index >= 15 is 0 Å².